The van der Waals surface area contributed by atoms with E-state index < -0.39 is 0 Å². The predicted octanol–water partition coefficient (Wildman–Crippen LogP) is 9.85. The second kappa shape index (κ2) is 8.51. The van der Waals surface area contributed by atoms with Gasteiger partial charge in [-0.05, 0) is 53.6 Å². The first kappa shape index (κ1) is 22.3. The molecule has 4 nitrogen and oxygen atoms in total. The van der Waals surface area contributed by atoms with E-state index >= 15 is 0 Å². The monoisotopic (exact) mass is 528 g/mol. The predicted molar refractivity (Wildman–Crippen MR) is 167 cm³/mol. The van der Waals surface area contributed by atoms with Gasteiger partial charge in [0.1, 0.15) is 16.9 Å². The number of benzene rings is 6. The van der Waals surface area contributed by atoms with Crippen LogP contribution >= 0.6 is 0 Å². The second-order valence-electron chi connectivity index (χ2n) is 10.6. The van der Waals surface area contributed by atoms with E-state index in [0.717, 1.165) is 44.6 Å². The van der Waals surface area contributed by atoms with Crippen LogP contribution in [0.15, 0.2) is 138 Å². The van der Waals surface area contributed by atoms with Crippen molar-refractivity contribution in [2.24, 2.45) is 0 Å². The Labute approximate surface area is 236 Å². The first-order chi connectivity index (χ1) is 20.3. The molecule has 1 atom stereocenters. The van der Waals surface area contributed by atoms with E-state index in [1.54, 1.807) is 0 Å². The summed E-state index contributed by atoms with van der Waals surface area (Å²) in [6.45, 7) is 0. The fourth-order valence-electron chi connectivity index (χ4n) is 6.33. The molecule has 0 spiro atoms. The Kier molecular flexibility index (Phi) is 4.64. The minimum Gasteiger partial charge on any atom is -0.464 e. The smallest absolute Gasteiger partial charge is 0.196 e. The van der Waals surface area contributed by atoms with Crippen molar-refractivity contribution in [2.75, 3.05) is 5.32 Å². The van der Waals surface area contributed by atoms with Crippen molar-refractivity contribution in [1.29, 1.82) is 0 Å². The molecule has 1 aliphatic heterocycles. The summed E-state index contributed by atoms with van der Waals surface area (Å²) in [5.74, 6) is 0.846. The number of furan rings is 1. The number of ether oxygens (including phenoxy) is 1. The van der Waals surface area contributed by atoms with E-state index in [-0.39, 0.29) is 6.23 Å². The molecular formula is C37H24N2O2. The van der Waals surface area contributed by atoms with Gasteiger partial charge in [-0.3, -0.25) is 0 Å². The Hall–Kier alpha value is -5.48. The Morgan fingerprint density at radius 1 is 0.537 bits per heavy atom. The number of aromatic nitrogens is 1. The molecule has 0 radical (unpaired) electrons. The first-order valence-electron chi connectivity index (χ1n) is 13.9. The zero-order valence-electron chi connectivity index (χ0n) is 22.0. The molecule has 1 aliphatic rings. The van der Waals surface area contributed by atoms with Crippen LogP contribution in [0.1, 0.15) is 11.8 Å². The van der Waals surface area contributed by atoms with Gasteiger partial charge >= 0.3 is 0 Å². The van der Waals surface area contributed by atoms with Gasteiger partial charge in [0.15, 0.2) is 6.23 Å². The van der Waals surface area contributed by atoms with Crippen molar-refractivity contribution >= 4 is 49.4 Å². The summed E-state index contributed by atoms with van der Waals surface area (Å²) < 4.78 is 14.7. The molecule has 8 aromatic rings. The van der Waals surface area contributed by atoms with Gasteiger partial charge in [0.2, 0.25) is 0 Å². The minimum absolute atomic E-state index is 0.254. The SMILES string of the molecule is c1ccc2c(c1)oc1ccc3c(c12)NC(c1ccc(-c2ccc(-n4c5ccccc5c5ccccc54)cc2)cc1)O3. The zero-order chi connectivity index (χ0) is 26.9. The van der Waals surface area contributed by atoms with Crippen LogP contribution in [-0.4, -0.2) is 4.57 Å². The van der Waals surface area contributed by atoms with Crippen molar-refractivity contribution in [1.82, 2.24) is 4.57 Å². The van der Waals surface area contributed by atoms with Gasteiger partial charge in [-0.1, -0.05) is 91.0 Å². The number of hydrogen-bond acceptors (Lipinski definition) is 3. The molecule has 0 saturated heterocycles. The van der Waals surface area contributed by atoms with Crippen molar-refractivity contribution in [3.63, 3.8) is 0 Å². The molecule has 3 heterocycles. The van der Waals surface area contributed by atoms with Crippen LogP contribution in [0.3, 0.4) is 0 Å². The highest BCUT2D eigenvalue weighted by Crippen LogP contribution is 2.46. The number of para-hydroxylation sites is 3. The van der Waals surface area contributed by atoms with Crippen LogP contribution in [0.5, 0.6) is 5.75 Å². The Morgan fingerprint density at radius 2 is 1.15 bits per heavy atom. The number of nitrogens with zero attached hydrogens (tertiary/aromatic N) is 1. The third-order valence-corrected chi connectivity index (χ3v) is 8.28. The van der Waals surface area contributed by atoms with Gasteiger partial charge < -0.3 is 19.0 Å². The van der Waals surface area contributed by atoms with Gasteiger partial charge in [-0.25, -0.2) is 0 Å². The van der Waals surface area contributed by atoms with Crippen LogP contribution in [0.25, 0.3) is 60.6 Å². The normalized spacial score (nSPS) is 14.5. The van der Waals surface area contributed by atoms with E-state index in [4.69, 9.17) is 9.15 Å². The summed E-state index contributed by atoms with van der Waals surface area (Å²) in [4.78, 5) is 0. The van der Waals surface area contributed by atoms with Crippen LogP contribution in [-0.2, 0) is 0 Å². The fourth-order valence-corrected chi connectivity index (χ4v) is 6.33. The van der Waals surface area contributed by atoms with Gasteiger partial charge in [-0.15, -0.1) is 0 Å². The Balaban J connectivity index is 1.02. The first-order valence-corrected chi connectivity index (χ1v) is 13.9. The maximum Gasteiger partial charge on any atom is 0.196 e. The largest absolute Gasteiger partial charge is 0.464 e. The summed E-state index contributed by atoms with van der Waals surface area (Å²) >= 11 is 0. The van der Waals surface area contributed by atoms with Gasteiger partial charge in [0, 0.05) is 27.4 Å². The number of hydrogen-bond donors (Lipinski definition) is 1. The van der Waals surface area contributed by atoms with Gasteiger partial charge in [-0.2, -0.15) is 0 Å². The van der Waals surface area contributed by atoms with E-state index in [2.05, 4.69) is 113 Å². The highest BCUT2D eigenvalue weighted by molar-refractivity contribution is 6.13. The lowest BCUT2D eigenvalue weighted by molar-refractivity contribution is 0.260. The number of fused-ring (bicyclic) bond motifs is 8. The molecule has 0 amide bonds. The Bertz CT molecular complexity index is 2200. The number of anilines is 1. The standard InChI is InChI=1S/C37H24N2O2/c1-4-10-30-27(7-1)28-8-2-5-11-31(28)39(30)26-19-17-24(18-20-26)23-13-15-25(16-14-23)37-38-36-34(41-37)22-21-33-35(36)29-9-3-6-12-32(29)40-33/h1-22,37-38H. The maximum absolute atomic E-state index is 6.34. The van der Waals surface area contributed by atoms with Gasteiger partial charge in [0.05, 0.1) is 22.1 Å². The number of nitrogens with one attached hydrogen (secondary N) is 1. The lowest BCUT2D eigenvalue weighted by Gasteiger charge is -2.13. The van der Waals surface area contributed by atoms with Gasteiger partial charge in [0.25, 0.3) is 0 Å². The molecule has 194 valence electrons. The van der Waals surface area contributed by atoms with Crippen LogP contribution < -0.4 is 10.1 Å². The van der Waals surface area contributed by atoms with E-state index in [0.29, 0.717) is 0 Å². The lowest BCUT2D eigenvalue weighted by Crippen LogP contribution is -2.09. The average molecular weight is 529 g/mol. The van der Waals surface area contributed by atoms with Crippen LogP contribution in [0.2, 0.25) is 0 Å². The minimum atomic E-state index is -0.254. The number of rotatable bonds is 3. The molecule has 9 rings (SSSR count). The molecule has 41 heavy (non-hydrogen) atoms. The molecule has 0 bridgehead atoms. The third-order valence-electron chi connectivity index (χ3n) is 8.28. The fraction of sp³-hybridized carbons (Fsp3) is 0.0270. The summed E-state index contributed by atoms with van der Waals surface area (Å²) in [6.07, 6.45) is -0.254. The molecule has 1 N–H and O–H groups in total. The molecule has 4 heteroatoms. The summed E-state index contributed by atoms with van der Waals surface area (Å²) in [6, 6.07) is 46.8. The molecule has 0 aliphatic carbocycles. The molecule has 2 aromatic heterocycles. The van der Waals surface area contributed by atoms with E-state index in [1.165, 1.54) is 32.9 Å². The summed E-state index contributed by atoms with van der Waals surface area (Å²) in [5, 5.41) is 8.31. The van der Waals surface area contributed by atoms with Crippen molar-refractivity contribution in [2.45, 2.75) is 6.23 Å². The third kappa shape index (κ3) is 3.34. The van der Waals surface area contributed by atoms with E-state index in [1.807, 2.05) is 30.3 Å². The maximum atomic E-state index is 6.34. The van der Waals surface area contributed by atoms with Crippen LogP contribution in [0, 0.1) is 0 Å². The van der Waals surface area contributed by atoms with Crippen molar-refractivity contribution in [3.05, 3.63) is 139 Å². The van der Waals surface area contributed by atoms with Crippen LogP contribution in [0.4, 0.5) is 5.69 Å². The quantitative estimate of drug-likeness (QED) is 0.248. The summed E-state index contributed by atoms with van der Waals surface area (Å²) in [5.41, 5.74) is 9.75. The second-order valence-corrected chi connectivity index (χ2v) is 10.6. The molecule has 0 saturated carbocycles. The average Bonchev–Trinajstić information content (AvgIpc) is 3.73. The highest BCUT2D eigenvalue weighted by atomic mass is 16.5. The lowest BCUT2D eigenvalue weighted by atomic mass is 10.0. The molecule has 6 aromatic carbocycles. The topological polar surface area (TPSA) is 39.3 Å². The molecule has 0 fully saturated rings. The molecule has 1 unspecified atom stereocenters. The van der Waals surface area contributed by atoms with Crippen molar-refractivity contribution < 1.29 is 9.15 Å². The van der Waals surface area contributed by atoms with Crippen molar-refractivity contribution in [3.8, 4) is 22.6 Å². The van der Waals surface area contributed by atoms with E-state index in [9.17, 15) is 0 Å². The highest BCUT2D eigenvalue weighted by Gasteiger charge is 2.27. The summed E-state index contributed by atoms with van der Waals surface area (Å²) in [7, 11) is 0. The zero-order valence-corrected chi connectivity index (χ0v) is 22.0. The Morgan fingerprint density at radius 3 is 1.85 bits per heavy atom. The molecular weight excluding hydrogens is 504 g/mol.